The molecule has 0 saturated heterocycles. The molecule has 0 amide bonds. The first-order valence-electron chi connectivity index (χ1n) is 3.83. The molecular weight excluding hydrogens is 206 g/mol. The zero-order valence-corrected chi connectivity index (χ0v) is 7.67. The van der Waals surface area contributed by atoms with Gasteiger partial charge in [0.1, 0.15) is 16.5 Å². The lowest BCUT2D eigenvalue weighted by Crippen LogP contribution is -1.94. The largest absolute Gasteiger partial charge is 0.508 e. The molecule has 14 heavy (non-hydrogen) atoms. The van der Waals surface area contributed by atoms with Gasteiger partial charge in [0.2, 0.25) is 0 Å². The number of carboxylic acid groups (broad SMARTS) is 1. The highest BCUT2D eigenvalue weighted by Crippen LogP contribution is 2.28. The number of carbonyl (C=O) groups is 1. The number of hydrogen-bond donors (Lipinski definition) is 3. The van der Waals surface area contributed by atoms with Crippen LogP contribution in [0.3, 0.4) is 0 Å². The molecule has 1 aromatic carbocycles. The predicted molar refractivity (Wildman–Crippen MR) is 51.9 cm³/mol. The molecule has 0 atom stereocenters. The normalized spacial score (nSPS) is 10.6. The maximum atomic E-state index is 10.8. The maximum absolute atomic E-state index is 10.8. The van der Waals surface area contributed by atoms with Gasteiger partial charge in [0, 0.05) is 10.9 Å². The summed E-state index contributed by atoms with van der Waals surface area (Å²) in [5.74, 6) is -1.11. The van der Waals surface area contributed by atoms with E-state index in [1.807, 2.05) is 0 Å². The Morgan fingerprint density at radius 3 is 2.79 bits per heavy atom. The number of phenols is 1. The highest BCUT2D eigenvalue weighted by molar-refractivity contribution is 6.34. The third-order valence-corrected chi connectivity index (χ3v) is 2.23. The van der Waals surface area contributed by atoms with Crippen molar-refractivity contribution < 1.29 is 15.0 Å². The van der Waals surface area contributed by atoms with Crippen molar-refractivity contribution in [3.63, 3.8) is 0 Å². The second kappa shape index (κ2) is 2.92. The summed E-state index contributed by atoms with van der Waals surface area (Å²) in [5.41, 5.74) is 0.572. The summed E-state index contributed by atoms with van der Waals surface area (Å²) in [6.07, 6.45) is 0. The second-order valence-corrected chi connectivity index (χ2v) is 3.23. The van der Waals surface area contributed by atoms with E-state index in [0.29, 0.717) is 10.9 Å². The van der Waals surface area contributed by atoms with E-state index >= 15 is 0 Å². The lowest BCUT2D eigenvalue weighted by atomic mass is 10.2. The van der Waals surface area contributed by atoms with Crippen molar-refractivity contribution in [1.82, 2.24) is 4.98 Å². The highest BCUT2D eigenvalue weighted by atomic mass is 35.5. The van der Waals surface area contributed by atoms with Gasteiger partial charge in [-0.05, 0) is 18.2 Å². The first-order valence-corrected chi connectivity index (χ1v) is 4.21. The van der Waals surface area contributed by atoms with Crippen LogP contribution in [0, 0.1) is 0 Å². The summed E-state index contributed by atoms with van der Waals surface area (Å²) < 4.78 is 0. The topological polar surface area (TPSA) is 73.3 Å². The van der Waals surface area contributed by atoms with E-state index in [1.54, 1.807) is 6.07 Å². The van der Waals surface area contributed by atoms with Gasteiger partial charge >= 0.3 is 5.97 Å². The van der Waals surface area contributed by atoms with E-state index in [2.05, 4.69) is 4.98 Å². The Kier molecular flexibility index (Phi) is 1.86. The van der Waals surface area contributed by atoms with Crippen LogP contribution in [0.4, 0.5) is 0 Å². The second-order valence-electron chi connectivity index (χ2n) is 2.85. The van der Waals surface area contributed by atoms with Crippen LogP contribution in [0.25, 0.3) is 10.9 Å². The summed E-state index contributed by atoms with van der Waals surface area (Å²) in [6.45, 7) is 0. The van der Waals surface area contributed by atoms with Crippen molar-refractivity contribution in [2.24, 2.45) is 0 Å². The number of fused-ring (bicyclic) bond motifs is 1. The molecule has 0 unspecified atom stereocenters. The maximum Gasteiger partial charge on any atom is 0.339 e. The zero-order valence-electron chi connectivity index (χ0n) is 6.91. The number of phenolic OH excluding ortho intramolecular Hbond substituents is 1. The summed E-state index contributed by atoms with van der Waals surface area (Å²) in [4.78, 5) is 13.5. The number of aromatic carboxylic acids is 1. The fourth-order valence-corrected chi connectivity index (χ4v) is 1.64. The van der Waals surface area contributed by atoms with Gasteiger partial charge in [0.15, 0.2) is 0 Å². The van der Waals surface area contributed by atoms with Crippen LogP contribution in [0.5, 0.6) is 5.75 Å². The predicted octanol–water partition coefficient (Wildman–Crippen LogP) is 2.23. The van der Waals surface area contributed by atoms with Gasteiger partial charge in [0.05, 0.1) is 0 Å². The number of nitrogens with one attached hydrogen (secondary N) is 1. The van der Waals surface area contributed by atoms with E-state index in [0.717, 1.165) is 0 Å². The monoisotopic (exact) mass is 211 g/mol. The average molecular weight is 212 g/mol. The van der Waals surface area contributed by atoms with Gasteiger partial charge in [-0.1, -0.05) is 11.6 Å². The summed E-state index contributed by atoms with van der Waals surface area (Å²) in [7, 11) is 0. The van der Waals surface area contributed by atoms with Crippen molar-refractivity contribution in [1.29, 1.82) is 0 Å². The fourth-order valence-electron chi connectivity index (χ4n) is 1.36. The number of aromatic hydroxyl groups is 1. The Balaban J connectivity index is 2.86. The molecule has 3 N–H and O–H groups in total. The van der Waals surface area contributed by atoms with Gasteiger partial charge in [-0.2, -0.15) is 0 Å². The van der Waals surface area contributed by atoms with Crippen LogP contribution in [0.15, 0.2) is 18.2 Å². The van der Waals surface area contributed by atoms with Crippen molar-refractivity contribution in [3.05, 3.63) is 28.9 Å². The number of benzene rings is 1. The molecule has 2 rings (SSSR count). The number of aromatic amines is 1. The Labute approximate surface area is 83.7 Å². The molecule has 0 aliphatic heterocycles. The minimum atomic E-state index is -1.12. The van der Waals surface area contributed by atoms with Gasteiger partial charge in [-0.3, -0.25) is 0 Å². The van der Waals surface area contributed by atoms with Crippen LogP contribution < -0.4 is 0 Å². The van der Waals surface area contributed by atoms with Crippen LogP contribution in [-0.2, 0) is 0 Å². The van der Waals surface area contributed by atoms with Gasteiger partial charge in [-0.25, -0.2) is 4.79 Å². The SMILES string of the molecule is O=C(O)c1c(Cl)[nH]c2ccc(O)cc12. The van der Waals surface area contributed by atoms with E-state index in [4.69, 9.17) is 16.7 Å². The zero-order chi connectivity index (χ0) is 10.3. The van der Waals surface area contributed by atoms with Crippen LogP contribution in [0.1, 0.15) is 10.4 Å². The Morgan fingerprint density at radius 2 is 2.14 bits per heavy atom. The van der Waals surface area contributed by atoms with Gasteiger partial charge < -0.3 is 15.2 Å². The molecule has 0 saturated carbocycles. The smallest absolute Gasteiger partial charge is 0.339 e. The number of aromatic nitrogens is 1. The standard InChI is InChI=1S/C9H6ClNO3/c10-8-7(9(13)14)5-3-4(12)1-2-6(5)11-8/h1-3,11-12H,(H,13,14). The first-order chi connectivity index (χ1) is 6.59. The summed E-state index contributed by atoms with van der Waals surface area (Å²) in [6, 6.07) is 4.39. The Hall–Kier alpha value is -1.68. The van der Waals surface area contributed by atoms with Crippen molar-refractivity contribution in [2.75, 3.05) is 0 Å². The number of H-pyrrole nitrogens is 1. The molecule has 0 aliphatic rings. The lowest BCUT2D eigenvalue weighted by Gasteiger charge is -1.93. The molecule has 2 aromatic rings. The van der Waals surface area contributed by atoms with Gasteiger partial charge in [-0.15, -0.1) is 0 Å². The minimum absolute atomic E-state index is 0.00988. The summed E-state index contributed by atoms with van der Waals surface area (Å²) in [5, 5.41) is 18.5. The van der Waals surface area contributed by atoms with E-state index < -0.39 is 5.97 Å². The van der Waals surface area contributed by atoms with Crippen molar-refractivity contribution >= 4 is 28.5 Å². The summed E-state index contributed by atoms with van der Waals surface area (Å²) >= 11 is 5.70. The van der Waals surface area contributed by atoms with Crippen LogP contribution in [0.2, 0.25) is 5.15 Å². The first kappa shape index (κ1) is 8.90. The Bertz CT molecular complexity index is 518. The molecule has 0 bridgehead atoms. The molecule has 72 valence electrons. The molecule has 0 spiro atoms. The number of carboxylic acids is 1. The Morgan fingerprint density at radius 1 is 1.43 bits per heavy atom. The highest BCUT2D eigenvalue weighted by Gasteiger charge is 2.16. The van der Waals surface area contributed by atoms with Gasteiger partial charge in [0.25, 0.3) is 0 Å². The molecule has 1 aromatic heterocycles. The molecular formula is C9H6ClNO3. The van der Waals surface area contributed by atoms with Crippen LogP contribution >= 0.6 is 11.6 Å². The number of rotatable bonds is 1. The van der Waals surface area contributed by atoms with E-state index in [9.17, 15) is 9.90 Å². The molecule has 5 heteroatoms. The number of halogens is 1. The van der Waals surface area contributed by atoms with E-state index in [-0.39, 0.29) is 16.5 Å². The molecule has 1 heterocycles. The quantitative estimate of drug-likeness (QED) is 0.677. The minimum Gasteiger partial charge on any atom is -0.508 e. The molecule has 0 radical (unpaired) electrons. The third-order valence-electron chi connectivity index (χ3n) is 1.95. The van der Waals surface area contributed by atoms with E-state index in [1.165, 1.54) is 12.1 Å². The molecule has 0 fully saturated rings. The lowest BCUT2D eigenvalue weighted by molar-refractivity contribution is 0.0699. The van der Waals surface area contributed by atoms with Crippen LogP contribution in [-0.4, -0.2) is 21.2 Å². The van der Waals surface area contributed by atoms with Crippen molar-refractivity contribution in [3.8, 4) is 5.75 Å². The number of hydrogen-bond acceptors (Lipinski definition) is 2. The fraction of sp³-hybridized carbons (Fsp3) is 0. The van der Waals surface area contributed by atoms with Crippen molar-refractivity contribution in [2.45, 2.75) is 0 Å². The molecule has 0 aliphatic carbocycles. The molecule has 4 nitrogen and oxygen atoms in total. The third kappa shape index (κ3) is 1.20. The average Bonchev–Trinajstić information content (AvgIpc) is 2.40.